The standard InChI is InChI=1S/C20H18FN5O/c1-12(19-25-18(27-26-19)10-14-6-4-3-5-7-14)22-20-16-11-15(21)8-9-17(16)23-13(2)24-20/h3-9,11-12H,10H2,1-2H3,(H,22,23,24). The summed E-state index contributed by atoms with van der Waals surface area (Å²) in [7, 11) is 0. The van der Waals surface area contributed by atoms with Crippen LogP contribution < -0.4 is 5.32 Å². The molecule has 2 heterocycles. The number of nitrogens with zero attached hydrogens (tertiary/aromatic N) is 4. The molecule has 1 atom stereocenters. The van der Waals surface area contributed by atoms with Gasteiger partial charge in [-0.1, -0.05) is 35.5 Å². The highest BCUT2D eigenvalue weighted by atomic mass is 19.1. The summed E-state index contributed by atoms with van der Waals surface area (Å²) in [4.78, 5) is 13.2. The molecular weight excluding hydrogens is 345 g/mol. The molecule has 0 aliphatic heterocycles. The minimum absolute atomic E-state index is 0.265. The first kappa shape index (κ1) is 17.1. The van der Waals surface area contributed by atoms with Crippen molar-refractivity contribution in [1.29, 1.82) is 0 Å². The molecule has 0 radical (unpaired) electrons. The Morgan fingerprint density at radius 2 is 1.89 bits per heavy atom. The van der Waals surface area contributed by atoms with Gasteiger partial charge in [-0.25, -0.2) is 14.4 Å². The molecule has 0 fully saturated rings. The fourth-order valence-corrected chi connectivity index (χ4v) is 2.88. The average Bonchev–Trinajstić information content (AvgIpc) is 3.12. The van der Waals surface area contributed by atoms with Crippen molar-refractivity contribution in [3.05, 3.63) is 77.5 Å². The number of anilines is 1. The van der Waals surface area contributed by atoms with Crippen LogP contribution in [-0.4, -0.2) is 20.1 Å². The third kappa shape index (κ3) is 3.76. The summed E-state index contributed by atoms with van der Waals surface area (Å²) >= 11 is 0. The predicted molar refractivity (Wildman–Crippen MR) is 99.8 cm³/mol. The number of rotatable bonds is 5. The second-order valence-corrected chi connectivity index (χ2v) is 6.36. The van der Waals surface area contributed by atoms with Gasteiger partial charge >= 0.3 is 0 Å². The smallest absolute Gasteiger partial charge is 0.231 e. The molecule has 0 saturated carbocycles. The molecule has 6 nitrogen and oxygen atoms in total. The number of aromatic nitrogens is 4. The molecule has 7 heteroatoms. The zero-order chi connectivity index (χ0) is 18.8. The molecule has 0 bridgehead atoms. The van der Waals surface area contributed by atoms with E-state index in [1.165, 1.54) is 12.1 Å². The van der Waals surface area contributed by atoms with E-state index in [2.05, 4.69) is 25.4 Å². The maximum absolute atomic E-state index is 13.7. The van der Waals surface area contributed by atoms with Crippen LogP contribution in [0.15, 0.2) is 53.1 Å². The summed E-state index contributed by atoms with van der Waals surface area (Å²) < 4.78 is 19.0. The number of hydrogen-bond donors (Lipinski definition) is 1. The number of hydrogen-bond acceptors (Lipinski definition) is 6. The first-order valence-corrected chi connectivity index (χ1v) is 8.65. The van der Waals surface area contributed by atoms with Crippen LogP contribution in [0.4, 0.5) is 10.2 Å². The first-order valence-electron chi connectivity index (χ1n) is 8.65. The van der Waals surface area contributed by atoms with Crippen molar-refractivity contribution >= 4 is 16.7 Å². The van der Waals surface area contributed by atoms with E-state index in [-0.39, 0.29) is 11.9 Å². The van der Waals surface area contributed by atoms with E-state index in [9.17, 15) is 4.39 Å². The van der Waals surface area contributed by atoms with Crippen molar-refractivity contribution in [1.82, 2.24) is 20.1 Å². The average molecular weight is 363 g/mol. The van der Waals surface area contributed by atoms with Gasteiger partial charge in [0, 0.05) is 5.39 Å². The molecule has 136 valence electrons. The Morgan fingerprint density at radius 1 is 1.07 bits per heavy atom. The zero-order valence-corrected chi connectivity index (χ0v) is 15.0. The highest BCUT2D eigenvalue weighted by molar-refractivity contribution is 5.89. The van der Waals surface area contributed by atoms with Crippen LogP contribution in [0.25, 0.3) is 10.9 Å². The molecule has 0 amide bonds. The van der Waals surface area contributed by atoms with Crippen LogP contribution in [0.1, 0.15) is 36.1 Å². The molecule has 27 heavy (non-hydrogen) atoms. The number of benzene rings is 2. The second kappa shape index (κ2) is 7.11. The fourth-order valence-electron chi connectivity index (χ4n) is 2.88. The highest BCUT2D eigenvalue weighted by Gasteiger charge is 2.16. The topological polar surface area (TPSA) is 76.7 Å². The number of nitrogens with one attached hydrogen (secondary N) is 1. The Morgan fingerprint density at radius 3 is 2.70 bits per heavy atom. The van der Waals surface area contributed by atoms with E-state index in [1.54, 1.807) is 13.0 Å². The van der Waals surface area contributed by atoms with Crippen molar-refractivity contribution in [2.75, 3.05) is 5.32 Å². The summed E-state index contributed by atoms with van der Waals surface area (Å²) in [6.45, 7) is 3.70. The predicted octanol–water partition coefficient (Wildman–Crippen LogP) is 4.22. The molecule has 2 aromatic heterocycles. The fraction of sp³-hybridized carbons (Fsp3) is 0.200. The molecule has 2 aromatic carbocycles. The van der Waals surface area contributed by atoms with Crippen molar-refractivity contribution in [3.8, 4) is 0 Å². The van der Waals surface area contributed by atoms with Crippen molar-refractivity contribution in [2.45, 2.75) is 26.3 Å². The van der Waals surface area contributed by atoms with E-state index in [4.69, 9.17) is 4.52 Å². The second-order valence-electron chi connectivity index (χ2n) is 6.36. The third-order valence-electron chi connectivity index (χ3n) is 4.19. The van der Waals surface area contributed by atoms with Gasteiger partial charge < -0.3 is 9.84 Å². The zero-order valence-electron chi connectivity index (χ0n) is 15.0. The van der Waals surface area contributed by atoms with Crippen molar-refractivity contribution in [3.63, 3.8) is 0 Å². The molecule has 1 N–H and O–H groups in total. The molecule has 0 aliphatic rings. The van der Waals surface area contributed by atoms with Crippen LogP contribution in [0, 0.1) is 12.7 Å². The summed E-state index contributed by atoms with van der Waals surface area (Å²) in [6.07, 6.45) is 0.571. The Kier molecular flexibility index (Phi) is 4.50. The van der Waals surface area contributed by atoms with Crippen LogP contribution in [0.5, 0.6) is 0 Å². The lowest BCUT2D eigenvalue weighted by Gasteiger charge is -2.13. The normalized spacial score (nSPS) is 12.3. The molecular formula is C20H18FN5O. The van der Waals surface area contributed by atoms with Gasteiger partial charge in [0.2, 0.25) is 5.89 Å². The Balaban J connectivity index is 1.57. The van der Waals surface area contributed by atoms with Gasteiger partial charge in [-0.2, -0.15) is 4.98 Å². The minimum Gasteiger partial charge on any atom is -0.360 e. The van der Waals surface area contributed by atoms with Gasteiger partial charge in [0.05, 0.1) is 18.0 Å². The van der Waals surface area contributed by atoms with E-state index < -0.39 is 0 Å². The third-order valence-corrected chi connectivity index (χ3v) is 4.19. The van der Waals surface area contributed by atoms with E-state index in [1.807, 2.05) is 37.3 Å². The number of halogens is 1. The van der Waals surface area contributed by atoms with Gasteiger partial charge in [0.25, 0.3) is 0 Å². The van der Waals surface area contributed by atoms with E-state index in [0.717, 1.165) is 5.56 Å². The van der Waals surface area contributed by atoms with Crippen LogP contribution >= 0.6 is 0 Å². The summed E-state index contributed by atoms with van der Waals surface area (Å²) in [5.41, 5.74) is 1.78. The van der Waals surface area contributed by atoms with E-state index >= 15 is 0 Å². The van der Waals surface area contributed by atoms with Crippen LogP contribution in [-0.2, 0) is 6.42 Å². The SMILES string of the molecule is Cc1nc(NC(C)c2noc(Cc3ccccc3)n2)c2cc(F)ccc2n1. The summed E-state index contributed by atoms with van der Waals surface area (Å²) in [5, 5.41) is 7.92. The quantitative estimate of drug-likeness (QED) is 0.572. The van der Waals surface area contributed by atoms with Gasteiger partial charge in [0.15, 0.2) is 5.82 Å². The Labute approximate surface area is 155 Å². The lowest BCUT2D eigenvalue weighted by atomic mass is 10.1. The van der Waals surface area contributed by atoms with Crippen molar-refractivity contribution in [2.24, 2.45) is 0 Å². The lowest BCUT2D eigenvalue weighted by molar-refractivity contribution is 0.377. The Bertz CT molecular complexity index is 1080. The lowest BCUT2D eigenvalue weighted by Crippen LogP contribution is -2.11. The molecule has 4 aromatic rings. The maximum Gasteiger partial charge on any atom is 0.231 e. The van der Waals surface area contributed by atoms with Crippen molar-refractivity contribution < 1.29 is 8.91 Å². The molecule has 4 rings (SSSR count). The van der Waals surface area contributed by atoms with Gasteiger partial charge in [-0.05, 0) is 37.6 Å². The first-order chi connectivity index (χ1) is 13.1. The molecule has 0 saturated heterocycles. The monoisotopic (exact) mass is 363 g/mol. The molecule has 1 unspecified atom stereocenters. The summed E-state index contributed by atoms with van der Waals surface area (Å²) in [6, 6.07) is 14.1. The number of aryl methyl sites for hydroxylation is 1. The maximum atomic E-state index is 13.7. The minimum atomic E-state index is -0.338. The van der Waals surface area contributed by atoms with E-state index in [0.29, 0.717) is 40.7 Å². The highest BCUT2D eigenvalue weighted by Crippen LogP contribution is 2.25. The largest absolute Gasteiger partial charge is 0.360 e. The Hall–Kier alpha value is -3.35. The van der Waals surface area contributed by atoms with Gasteiger partial charge in [-0.3, -0.25) is 0 Å². The van der Waals surface area contributed by atoms with Gasteiger partial charge in [0.1, 0.15) is 17.5 Å². The van der Waals surface area contributed by atoms with Crippen LogP contribution in [0.2, 0.25) is 0 Å². The van der Waals surface area contributed by atoms with Gasteiger partial charge in [-0.15, -0.1) is 0 Å². The molecule has 0 spiro atoms. The van der Waals surface area contributed by atoms with Crippen LogP contribution in [0.3, 0.4) is 0 Å². The molecule has 0 aliphatic carbocycles. The summed E-state index contributed by atoms with van der Waals surface area (Å²) in [5.74, 6) is 1.86. The number of fused-ring (bicyclic) bond motifs is 1.